The van der Waals surface area contributed by atoms with Crippen molar-refractivity contribution >= 4 is 17.6 Å². The molecule has 4 nitrogen and oxygen atoms in total. The molecule has 0 bridgehead atoms. The van der Waals surface area contributed by atoms with Crippen LogP contribution in [-0.2, 0) is 6.42 Å². The first kappa shape index (κ1) is 11.0. The number of hydrogen-bond donors (Lipinski definition) is 1. The van der Waals surface area contributed by atoms with Crippen LogP contribution in [0.5, 0.6) is 0 Å². The summed E-state index contributed by atoms with van der Waals surface area (Å²) in [6.45, 7) is 2.74. The Labute approximate surface area is 98.6 Å². The average Bonchev–Trinajstić information content (AvgIpc) is 2.66. The van der Waals surface area contributed by atoms with Gasteiger partial charge < -0.3 is 9.84 Å². The van der Waals surface area contributed by atoms with E-state index in [-0.39, 0.29) is 0 Å². The lowest BCUT2D eigenvalue weighted by molar-refractivity contribution is 0.424. The van der Waals surface area contributed by atoms with Crippen molar-refractivity contribution in [2.75, 3.05) is 11.9 Å². The fourth-order valence-corrected chi connectivity index (χ4v) is 1.59. The molecular weight excluding hydrogens is 226 g/mol. The third-order valence-corrected chi connectivity index (χ3v) is 2.28. The summed E-state index contributed by atoms with van der Waals surface area (Å²) in [6.07, 6.45) is 0.620. The molecule has 5 heteroatoms. The second-order valence-corrected chi connectivity index (χ2v) is 3.79. The molecule has 1 heterocycles. The summed E-state index contributed by atoms with van der Waals surface area (Å²) in [5, 5.41) is 7.54. The van der Waals surface area contributed by atoms with E-state index in [1.54, 1.807) is 0 Å². The van der Waals surface area contributed by atoms with Gasteiger partial charge in [0.25, 0.3) is 0 Å². The third kappa shape index (κ3) is 2.73. The zero-order chi connectivity index (χ0) is 11.4. The number of rotatable bonds is 4. The molecule has 0 aliphatic carbocycles. The van der Waals surface area contributed by atoms with Gasteiger partial charge in [0.15, 0.2) is 5.82 Å². The van der Waals surface area contributed by atoms with E-state index in [9.17, 15) is 0 Å². The van der Waals surface area contributed by atoms with Crippen LogP contribution in [0, 0.1) is 0 Å². The van der Waals surface area contributed by atoms with Crippen molar-refractivity contribution in [3.8, 4) is 0 Å². The minimum atomic E-state index is 0.458. The minimum Gasteiger partial charge on any atom is -0.338 e. The highest BCUT2D eigenvalue weighted by atomic mass is 35.5. The molecule has 16 heavy (non-hydrogen) atoms. The Morgan fingerprint density at radius 1 is 1.44 bits per heavy atom. The summed E-state index contributed by atoms with van der Waals surface area (Å²) in [7, 11) is 0. The summed E-state index contributed by atoms with van der Waals surface area (Å²) >= 11 is 5.89. The van der Waals surface area contributed by atoms with Crippen molar-refractivity contribution in [1.82, 2.24) is 10.1 Å². The number of aromatic nitrogens is 2. The molecule has 0 aliphatic heterocycles. The Kier molecular flexibility index (Phi) is 3.41. The predicted octanol–water partition coefficient (Wildman–Crippen LogP) is 2.75. The lowest BCUT2D eigenvalue weighted by atomic mass is 10.1. The van der Waals surface area contributed by atoms with Crippen LogP contribution >= 0.6 is 11.6 Å². The molecule has 0 saturated heterocycles. The molecule has 1 aromatic carbocycles. The largest absolute Gasteiger partial charge is 0.338 e. The Morgan fingerprint density at radius 3 is 3.06 bits per heavy atom. The topological polar surface area (TPSA) is 51.0 Å². The first-order chi connectivity index (χ1) is 7.78. The lowest BCUT2D eigenvalue weighted by Crippen LogP contribution is -1.97. The van der Waals surface area contributed by atoms with Crippen LogP contribution in [0.2, 0.25) is 5.02 Å². The summed E-state index contributed by atoms with van der Waals surface area (Å²) < 4.78 is 5.00. The van der Waals surface area contributed by atoms with Gasteiger partial charge in [-0.3, -0.25) is 0 Å². The first-order valence-electron chi connectivity index (χ1n) is 5.09. The summed E-state index contributed by atoms with van der Waals surface area (Å²) in [4.78, 5) is 4.19. The van der Waals surface area contributed by atoms with Gasteiger partial charge in [0.05, 0.1) is 0 Å². The monoisotopic (exact) mass is 237 g/mol. The number of benzene rings is 1. The van der Waals surface area contributed by atoms with Crippen molar-refractivity contribution in [3.05, 3.63) is 40.7 Å². The summed E-state index contributed by atoms with van der Waals surface area (Å²) in [6, 6.07) is 8.08. The Hall–Kier alpha value is -1.55. The second-order valence-electron chi connectivity index (χ2n) is 3.35. The van der Waals surface area contributed by atoms with E-state index in [0.29, 0.717) is 23.3 Å². The predicted molar refractivity (Wildman–Crippen MR) is 62.7 cm³/mol. The Bertz CT molecular complexity index is 470. The van der Waals surface area contributed by atoms with Crippen molar-refractivity contribution in [2.24, 2.45) is 0 Å². The highest BCUT2D eigenvalue weighted by Gasteiger charge is 2.05. The molecule has 1 N–H and O–H groups in total. The van der Waals surface area contributed by atoms with Crippen LogP contribution in [0.15, 0.2) is 28.8 Å². The number of anilines is 1. The second kappa shape index (κ2) is 4.99. The van der Waals surface area contributed by atoms with Crippen molar-refractivity contribution in [3.63, 3.8) is 0 Å². The van der Waals surface area contributed by atoms with Crippen molar-refractivity contribution in [2.45, 2.75) is 13.3 Å². The molecule has 0 fully saturated rings. The fourth-order valence-electron chi connectivity index (χ4n) is 1.38. The molecule has 2 rings (SSSR count). The zero-order valence-electron chi connectivity index (χ0n) is 8.90. The van der Waals surface area contributed by atoms with Gasteiger partial charge >= 0.3 is 6.01 Å². The maximum atomic E-state index is 5.89. The quantitative estimate of drug-likeness (QED) is 0.889. The number of halogens is 1. The molecule has 0 spiro atoms. The maximum Gasteiger partial charge on any atom is 0.321 e. The average molecular weight is 238 g/mol. The number of nitrogens with zero attached hydrogens (tertiary/aromatic N) is 2. The van der Waals surface area contributed by atoms with Crippen molar-refractivity contribution < 1.29 is 4.52 Å². The maximum absolute atomic E-state index is 5.89. The van der Waals surface area contributed by atoms with Gasteiger partial charge in [-0.15, -0.1) is 0 Å². The number of nitrogens with one attached hydrogen (secondary N) is 1. The SMILES string of the molecule is CCNc1nc(Cc2cccc(Cl)c2)no1. The van der Waals surface area contributed by atoms with E-state index in [2.05, 4.69) is 15.5 Å². The third-order valence-electron chi connectivity index (χ3n) is 2.05. The van der Waals surface area contributed by atoms with Gasteiger partial charge in [-0.05, 0) is 24.6 Å². The van der Waals surface area contributed by atoms with Crippen LogP contribution in [0.25, 0.3) is 0 Å². The van der Waals surface area contributed by atoms with Gasteiger partial charge in [-0.2, -0.15) is 4.98 Å². The summed E-state index contributed by atoms with van der Waals surface area (Å²) in [5.74, 6) is 0.651. The van der Waals surface area contributed by atoms with E-state index in [4.69, 9.17) is 16.1 Å². The van der Waals surface area contributed by atoms with E-state index in [1.165, 1.54) is 0 Å². The molecule has 1 aromatic heterocycles. The molecule has 0 amide bonds. The zero-order valence-corrected chi connectivity index (χ0v) is 9.66. The van der Waals surface area contributed by atoms with Crippen LogP contribution < -0.4 is 5.32 Å². The van der Waals surface area contributed by atoms with Crippen LogP contribution in [0.1, 0.15) is 18.3 Å². The molecule has 0 aliphatic rings. The van der Waals surface area contributed by atoms with Gasteiger partial charge in [-0.25, -0.2) is 0 Å². The van der Waals surface area contributed by atoms with Crippen LogP contribution in [0.4, 0.5) is 6.01 Å². The number of hydrogen-bond acceptors (Lipinski definition) is 4. The molecule has 0 radical (unpaired) electrons. The molecule has 0 saturated carbocycles. The smallest absolute Gasteiger partial charge is 0.321 e. The lowest BCUT2D eigenvalue weighted by Gasteiger charge is -1.96. The molecule has 2 aromatic rings. The van der Waals surface area contributed by atoms with Crippen LogP contribution in [0.3, 0.4) is 0 Å². The fraction of sp³-hybridized carbons (Fsp3) is 0.273. The Morgan fingerprint density at radius 2 is 2.31 bits per heavy atom. The standard InChI is InChI=1S/C11H12ClN3O/c1-2-13-11-14-10(15-16-11)7-8-4-3-5-9(12)6-8/h3-6H,2,7H2,1H3,(H,13,14,15). The molecule has 84 valence electrons. The van der Waals surface area contributed by atoms with E-state index < -0.39 is 0 Å². The van der Waals surface area contributed by atoms with Gasteiger partial charge in [0.2, 0.25) is 0 Å². The normalized spacial score (nSPS) is 10.4. The minimum absolute atomic E-state index is 0.458. The molecule has 0 atom stereocenters. The van der Waals surface area contributed by atoms with Crippen molar-refractivity contribution in [1.29, 1.82) is 0 Å². The molecular formula is C11H12ClN3O. The highest BCUT2D eigenvalue weighted by molar-refractivity contribution is 6.30. The van der Waals surface area contributed by atoms with Gasteiger partial charge in [0, 0.05) is 18.0 Å². The van der Waals surface area contributed by atoms with Gasteiger partial charge in [-0.1, -0.05) is 28.9 Å². The van der Waals surface area contributed by atoms with E-state index in [1.807, 2.05) is 31.2 Å². The van der Waals surface area contributed by atoms with Gasteiger partial charge in [0.1, 0.15) is 0 Å². The Balaban J connectivity index is 2.08. The summed E-state index contributed by atoms with van der Waals surface area (Å²) in [5.41, 5.74) is 1.07. The first-order valence-corrected chi connectivity index (χ1v) is 5.46. The van der Waals surface area contributed by atoms with E-state index >= 15 is 0 Å². The highest BCUT2D eigenvalue weighted by Crippen LogP contribution is 2.14. The van der Waals surface area contributed by atoms with E-state index in [0.717, 1.165) is 12.1 Å². The molecule has 0 unspecified atom stereocenters. The van der Waals surface area contributed by atoms with Crippen LogP contribution in [-0.4, -0.2) is 16.7 Å².